The number of halogens is 1. The first-order valence-corrected chi connectivity index (χ1v) is 4.30. The number of hydrogen-bond donors (Lipinski definition) is 1. The van der Waals surface area contributed by atoms with Crippen LogP contribution < -0.4 is 5.73 Å². The summed E-state index contributed by atoms with van der Waals surface area (Å²) in [5.41, 5.74) is 6.83. The van der Waals surface area contributed by atoms with Crippen molar-refractivity contribution in [1.29, 1.82) is 5.26 Å². The molecule has 0 saturated heterocycles. The first kappa shape index (κ1) is 10.4. The largest absolute Gasteiger partial charge is 0.327 e. The summed E-state index contributed by atoms with van der Waals surface area (Å²) in [7, 11) is 0. The molecular weight excluding hydrogens is 179 g/mol. The molecule has 0 unspecified atom stereocenters. The lowest BCUT2D eigenvalue weighted by Gasteiger charge is -2.01. The van der Waals surface area contributed by atoms with Crippen molar-refractivity contribution in [3.8, 4) is 6.07 Å². The number of benzene rings is 1. The Morgan fingerprint density at radius 1 is 1.50 bits per heavy atom. The van der Waals surface area contributed by atoms with Crippen LogP contribution in [0, 0.1) is 17.1 Å². The van der Waals surface area contributed by atoms with E-state index in [0.717, 1.165) is 11.1 Å². The van der Waals surface area contributed by atoms with E-state index in [-0.39, 0.29) is 12.2 Å². The molecule has 0 aliphatic rings. The van der Waals surface area contributed by atoms with Crippen molar-refractivity contribution < 1.29 is 4.39 Å². The fourth-order valence-corrected chi connectivity index (χ4v) is 1.16. The molecule has 0 saturated carbocycles. The predicted molar refractivity (Wildman–Crippen MR) is 53.8 cm³/mol. The maximum absolute atomic E-state index is 12.9. The van der Waals surface area contributed by atoms with Gasteiger partial charge in [0, 0.05) is 6.54 Å². The molecular formula is C11H11FN2. The van der Waals surface area contributed by atoms with Gasteiger partial charge in [-0.05, 0) is 23.3 Å². The highest BCUT2D eigenvalue weighted by Crippen LogP contribution is 2.13. The monoisotopic (exact) mass is 190 g/mol. The quantitative estimate of drug-likeness (QED) is 0.790. The minimum Gasteiger partial charge on any atom is -0.327 e. The van der Waals surface area contributed by atoms with Gasteiger partial charge in [-0.3, -0.25) is 0 Å². The maximum atomic E-state index is 12.9. The van der Waals surface area contributed by atoms with E-state index < -0.39 is 0 Å². The van der Waals surface area contributed by atoms with Gasteiger partial charge in [-0.25, -0.2) is 4.39 Å². The first-order chi connectivity index (χ1) is 6.77. The van der Waals surface area contributed by atoms with Gasteiger partial charge in [0.15, 0.2) is 0 Å². The average molecular weight is 190 g/mol. The normalized spacial score (nSPS) is 10.4. The zero-order chi connectivity index (χ0) is 10.4. The molecule has 0 heterocycles. The lowest BCUT2D eigenvalue weighted by atomic mass is 10.0. The van der Waals surface area contributed by atoms with Crippen molar-refractivity contribution in [3.63, 3.8) is 0 Å². The smallest absolute Gasteiger partial charge is 0.123 e. The summed E-state index contributed by atoms with van der Waals surface area (Å²) in [6.07, 6.45) is 3.75. The first-order valence-electron chi connectivity index (χ1n) is 4.30. The maximum Gasteiger partial charge on any atom is 0.123 e. The van der Waals surface area contributed by atoms with Gasteiger partial charge >= 0.3 is 0 Å². The van der Waals surface area contributed by atoms with Crippen LogP contribution >= 0.6 is 0 Å². The molecule has 14 heavy (non-hydrogen) atoms. The Kier molecular flexibility index (Phi) is 3.84. The third kappa shape index (κ3) is 2.68. The van der Waals surface area contributed by atoms with Gasteiger partial charge in [0.1, 0.15) is 5.82 Å². The van der Waals surface area contributed by atoms with Gasteiger partial charge in [0.25, 0.3) is 0 Å². The van der Waals surface area contributed by atoms with Crippen LogP contribution in [0.1, 0.15) is 11.1 Å². The van der Waals surface area contributed by atoms with Crippen LogP contribution in [-0.4, -0.2) is 6.54 Å². The Hall–Kier alpha value is -1.66. The van der Waals surface area contributed by atoms with E-state index in [4.69, 9.17) is 11.0 Å². The van der Waals surface area contributed by atoms with Crippen molar-refractivity contribution in [1.82, 2.24) is 0 Å². The molecule has 2 N–H and O–H groups in total. The molecule has 3 heteroatoms. The van der Waals surface area contributed by atoms with Gasteiger partial charge in [-0.2, -0.15) is 5.26 Å². The summed E-state index contributed by atoms with van der Waals surface area (Å²) in [6, 6.07) is 6.41. The van der Waals surface area contributed by atoms with Crippen LogP contribution in [0.5, 0.6) is 0 Å². The van der Waals surface area contributed by atoms with Crippen LogP contribution in [0.2, 0.25) is 0 Å². The van der Waals surface area contributed by atoms with Crippen LogP contribution in [0.25, 0.3) is 6.08 Å². The van der Waals surface area contributed by atoms with E-state index in [0.29, 0.717) is 6.54 Å². The second-order valence-electron chi connectivity index (χ2n) is 2.82. The summed E-state index contributed by atoms with van der Waals surface area (Å²) in [4.78, 5) is 0. The van der Waals surface area contributed by atoms with Crippen LogP contribution in [-0.2, 0) is 6.42 Å². The molecule has 0 fully saturated rings. The fraction of sp³-hybridized carbons (Fsp3) is 0.182. The summed E-state index contributed by atoms with van der Waals surface area (Å²) < 4.78 is 12.9. The molecule has 1 aromatic rings. The summed E-state index contributed by atoms with van der Waals surface area (Å²) >= 11 is 0. The van der Waals surface area contributed by atoms with E-state index in [1.54, 1.807) is 18.2 Å². The molecule has 0 bridgehead atoms. The number of nitrogens with two attached hydrogens (primary N) is 1. The number of nitriles is 1. The molecule has 1 aromatic carbocycles. The molecule has 0 radical (unpaired) electrons. The average Bonchev–Trinajstić information content (AvgIpc) is 2.18. The van der Waals surface area contributed by atoms with E-state index in [9.17, 15) is 4.39 Å². The molecule has 0 aromatic heterocycles. The third-order valence-electron chi connectivity index (χ3n) is 1.81. The zero-order valence-corrected chi connectivity index (χ0v) is 7.70. The molecule has 0 amide bonds. The Balaban J connectivity index is 3.03. The standard InChI is InChI=1S/C11H11FN2/c12-11-4-3-9(5-7-14)10(8-11)2-1-6-13/h1-4,8H,5-6,13H2. The minimum absolute atomic E-state index is 0.282. The van der Waals surface area contributed by atoms with Crippen molar-refractivity contribution in [2.45, 2.75) is 6.42 Å². The highest BCUT2D eigenvalue weighted by Gasteiger charge is 2.00. The SMILES string of the molecule is N#CCc1ccc(F)cc1C=CCN. The van der Waals surface area contributed by atoms with Gasteiger partial charge < -0.3 is 5.73 Å². The summed E-state index contributed by atoms with van der Waals surface area (Å²) in [6.45, 7) is 0.405. The van der Waals surface area contributed by atoms with Crippen LogP contribution in [0.4, 0.5) is 4.39 Å². The molecule has 1 rings (SSSR count). The molecule has 0 aliphatic carbocycles. The zero-order valence-electron chi connectivity index (χ0n) is 7.70. The van der Waals surface area contributed by atoms with Crippen molar-refractivity contribution in [2.75, 3.05) is 6.54 Å². The second kappa shape index (κ2) is 5.15. The highest BCUT2D eigenvalue weighted by molar-refractivity contribution is 5.54. The van der Waals surface area contributed by atoms with Gasteiger partial charge in [-0.1, -0.05) is 18.2 Å². The summed E-state index contributed by atoms with van der Waals surface area (Å²) in [5.74, 6) is -0.302. The van der Waals surface area contributed by atoms with E-state index in [2.05, 4.69) is 0 Å². The van der Waals surface area contributed by atoms with Crippen molar-refractivity contribution in [3.05, 3.63) is 41.2 Å². The van der Waals surface area contributed by atoms with E-state index in [1.807, 2.05) is 6.07 Å². The second-order valence-corrected chi connectivity index (χ2v) is 2.82. The molecule has 0 aliphatic heterocycles. The molecule has 72 valence electrons. The Labute approximate surface area is 82.5 Å². The Morgan fingerprint density at radius 3 is 2.93 bits per heavy atom. The minimum atomic E-state index is -0.302. The Morgan fingerprint density at radius 2 is 2.29 bits per heavy atom. The van der Waals surface area contributed by atoms with Gasteiger partial charge in [0.2, 0.25) is 0 Å². The lowest BCUT2D eigenvalue weighted by Crippen LogP contribution is -1.94. The third-order valence-corrected chi connectivity index (χ3v) is 1.81. The topological polar surface area (TPSA) is 49.8 Å². The van der Waals surface area contributed by atoms with E-state index >= 15 is 0 Å². The van der Waals surface area contributed by atoms with Gasteiger partial charge in [-0.15, -0.1) is 0 Å². The van der Waals surface area contributed by atoms with Crippen LogP contribution in [0.3, 0.4) is 0 Å². The molecule has 0 spiro atoms. The Bertz CT molecular complexity index is 377. The highest BCUT2D eigenvalue weighted by atomic mass is 19.1. The molecule has 0 atom stereocenters. The number of hydrogen-bond acceptors (Lipinski definition) is 2. The van der Waals surface area contributed by atoms with E-state index in [1.165, 1.54) is 12.1 Å². The van der Waals surface area contributed by atoms with Crippen molar-refractivity contribution >= 4 is 6.08 Å². The molecule has 2 nitrogen and oxygen atoms in total. The number of rotatable bonds is 3. The van der Waals surface area contributed by atoms with Crippen molar-refractivity contribution in [2.24, 2.45) is 5.73 Å². The van der Waals surface area contributed by atoms with Crippen LogP contribution in [0.15, 0.2) is 24.3 Å². The summed E-state index contributed by atoms with van der Waals surface area (Å²) in [5, 5.41) is 8.55. The van der Waals surface area contributed by atoms with Gasteiger partial charge in [0.05, 0.1) is 12.5 Å². The number of nitrogens with zero attached hydrogens (tertiary/aromatic N) is 1. The predicted octanol–water partition coefficient (Wildman–Crippen LogP) is 1.86. The fourth-order valence-electron chi connectivity index (χ4n) is 1.16. The lowest BCUT2D eigenvalue weighted by molar-refractivity contribution is 0.627.